The third kappa shape index (κ3) is 3.68. The van der Waals surface area contributed by atoms with E-state index in [9.17, 15) is 27.9 Å². The van der Waals surface area contributed by atoms with Gasteiger partial charge in [-0.3, -0.25) is 14.5 Å². The Kier molecular flexibility index (Phi) is 4.81. The lowest BCUT2D eigenvalue weighted by Crippen LogP contribution is -3.16. The minimum Gasteiger partial charge on any atom is -0.379 e. The van der Waals surface area contributed by atoms with Crippen LogP contribution in [0, 0.1) is 0 Å². The zero-order chi connectivity index (χ0) is 18.2. The van der Waals surface area contributed by atoms with Crippen LogP contribution in [-0.4, -0.2) is 73.0 Å². The third-order valence-electron chi connectivity index (χ3n) is 4.45. The maximum atomic E-state index is 12.5. The summed E-state index contributed by atoms with van der Waals surface area (Å²) in [5.41, 5.74) is 0.639. The molecule has 2 heterocycles. The molecular formula is C16H18F3N2O4+. The Bertz CT molecular complexity index is 645. The number of fused-ring (bicyclic) bond motifs is 1. The lowest BCUT2D eigenvalue weighted by molar-refractivity contribution is -0.916. The summed E-state index contributed by atoms with van der Waals surface area (Å²) >= 11 is 0. The van der Waals surface area contributed by atoms with Gasteiger partial charge in [0.25, 0.3) is 11.8 Å². The van der Waals surface area contributed by atoms with E-state index in [1.54, 1.807) is 24.3 Å². The van der Waals surface area contributed by atoms with Gasteiger partial charge in [0.1, 0.15) is 25.7 Å². The Morgan fingerprint density at radius 1 is 1.24 bits per heavy atom. The second-order valence-corrected chi connectivity index (χ2v) is 6.22. The van der Waals surface area contributed by atoms with Gasteiger partial charge in [-0.05, 0) is 12.1 Å². The number of carbonyl (C=O) groups is 2. The van der Waals surface area contributed by atoms with Crippen molar-refractivity contribution in [3.05, 3.63) is 35.4 Å². The lowest BCUT2D eigenvalue weighted by Gasteiger charge is -2.33. The minimum absolute atomic E-state index is 0.0159. The van der Waals surface area contributed by atoms with Crippen LogP contribution in [0.5, 0.6) is 0 Å². The van der Waals surface area contributed by atoms with E-state index in [1.807, 2.05) is 0 Å². The molecule has 0 bridgehead atoms. The number of carbonyl (C=O) groups excluding carboxylic acids is 2. The first-order chi connectivity index (χ1) is 11.8. The molecule has 3 rings (SSSR count). The van der Waals surface area contributed by atoms with Gasteiger partial charge in [-0.25, -0.2) is 0 Å². The van der Waals surface area contributed by atoms with E-state index in [0.29, 0.717) is 22.6 Å². The van der Waals surface area contributed by atoms with Crippen LogP contribution < -0.4 is 4.90 Å². The van der Waals surface area contributed by atoms with Gasteiger partial charge in [0.05, 0.1) is 24.3 Å². The SMILES string of the molecule is O=C1c2ccccc2C(=O)N1C[C@@H]1C[NH+](C[C@H](O)C(F)(F)F)CCO1. The molecule has 2 aliphatic rings. The molecule has 0 radical (unpaired) electrons. The quantitative estimate of drug-likeness (QED) is 0.711. The van der Waals surface area contributed by atoms with Crippen molar-refractivity contribution >= 4 is 11.8 Å². The number of imide groups is 1. The second kappa shape index (κ2) is 6.74. The van der Waals surface area contributed by atoms with Gasteiger partial charge in [-0.1, -0.05) is 12.1 Å². The first kappa shape index (κ1) is 17.8. The molecular weight excluding hydrogens is 341 g/mol. The summed E-state index contributed by atoms with van der Waals surface area (Å²) in [5, 5.41) is 9.21. The molecule has 136 valence electrons. The molecule has 1 aromatic rings. The summed E-state index contributed by atoms with van der Waals surface area (Å²) in [6.07, 6.45) is -7.63. The summed E-state index contributed by atoms with van der Waals surface area (Å²) in [5.74, 6) is -0.849. The molecule has 0 aromatic heterocycles. The summed E-state index contributed by atoms with van der Waals surface area (Å²) in [6, 6.07) is 6.45. The fraction of sp³-hybridized carbons (Fsp3) is 0.500. The minimum atomic E-state index is -4.66. The Balaban J connectivity index is 1.62. The summed E-state index contributed by atoms with van der Waals surface area (Å²) in [7, 11) is 0. The van der Waals surface area contributed by atoms with Gasteiger partial charge in [0, 0.05) is 0 Å². The molecule has 0 saturated carbocycles. The molecule has 9 heteroatoms. The number of nitrogens with zero attached hydrogens (tertiary/aromatic N) is 1. The third-order valence-corrected chi connectivity index (χ3v) is 4.45. The smallest absolute Gasteiger partial charge is 0.379 e. The van der Waals surface area contributed by atoms with Crippen molar-refractivity contribution in [3.8, 4) is 0 Å². The van der Waals surface area contributed by atoms with Crippen molar-refractivity contribution in [2.75, 3.05) is 32.8 Å². The summed E-state index contributed by atoms with van der Waals surface area (Å²) in [4.78, 5) is 26.2. The van der Waals surface area contributed by atoms with Gasteiger partial charge >= 0.3 is 6.18 Å². The molecule has 0 aliphatic carbocycles. The number of rotatable bonds is 4. The first-order valence-electron chi connectivity index (χ1n) is 7.92. The Morgan fingerprint density at radius 2 is 1.84 bits per heavy atom. The van der Waals surface area contributed by atoms with Crippen LogP contribution in [0.3, 0.4) is 0 Å². The fourth-order valence-electron chi connectivity index (χ4n) is 3.15. The summed E-state index contributed by atoms with van der Waals surface area (Å²) < 4.78 is 43.0. The van der Waals surface area contributed by atoms with Crippen LogP contribution in [0.1, 0.15) is 20.7 Å². The van der Waals surface area contributed by atoms with Crippen LogP contribution in [0.4, 0.5) is 13.2 Å². The number of hydrogen-bond donors (Lipinski definition) is 2. The number of amides is 2. The van der Waals surface area contributed by atoms with Crippen molar-refractivity contribution < 1.29 is 37.5 Å². The molecule has 2 N–H and O–H groups in total. The van der Waals surface area contributed by atoms with E-state index in [4.69, 9.17) is 4.74 Å². The zero-order valence-electron chi connectivity index (χ0n) is 13.3. The van der Waals surface area contributed by atoms with Crippen LogP contribution in [-0.2, 0) is 4.74 Å². The first-order valence-corrected chi connectivity index (χ1v) is 7.92. The predicted molar refractivity (Wildman–Crippen MR) is 79.2 cm³/mol. The number of halogens is 3. The zero-order valence-corrected chi connectivity index (χ0v) is 13.3. The van der Waals surface area contributed by atoms with Gasteiger partial charge in [-0.2, -0.15) is 13.2 Å². The highest BCUT2D eigenvalue weighted by Crippen LogP contribution is 2.23. The number of alkyl halides is 3. The molecule has 2 aliphatic heterocycles. The van der Waals surface area contributed by atoms with E-state index in [0.717, 1.165) is 4.90 Å². The number of morpholine rings is 1. The maximum Gasteiger partial charge on any atom is 0.419 e. The van der Waals surface area contributed by atoms with Crippen LogP contribution in [0.2, 0.25) is 0 Å². The largest absolute Gasteiger partial charge is 0.419 e. The average Bonchev–Trinajstić information content (AvgIpc) is 2.80. The molecule has 1 unspecified atom stereocenters. The Morgan fingerprint density at radius 3 is 2.40 bits per heavy atom. The molecule has 25 heavy (non-hydrogen) atoms. The topological polar surface area (TPSA) is 71.3 Å². The number of benzene rings is 1. The molecule has 6 nitrogen and oxygen atoms in total. The standard InChI is InChI=1S/C16H17F3N2O4/c17-16(18,19)13(22)9-20-5-6-25-10(7-20)8-21-14(23)11-3-1-2-4-12(11)15(21)24/h1-4,10,13,22H,5-9H2/p+1/t10-,13-/m0/s1. The number of ether oxygens (including phenoxy) is 1. The van der Waals surface area contributed by atoms with Crippen LogP contribution in [0.25, 0.3) is 0 Å². The normalized spacial score (nSPS) is 25.2. The number of aliphatic hydroxyl groups is 1. The van der Waals surface area contributed by atoms with Crippen molar-refractivity contribution in [1.82, 2.24) is 4.90 Å². The van der Waals surface area contributed by atoms with Crippen molar-refractivity contribution in [2.24, 2.45) is 0 Å². The molecule has 1 aromatic carbocycles. The van der Waals surface area contributed by atoms with Crippen molar-refractivity contribution in [1.29, 1.82) is 0 Å². The number of quaternary nitrogens is 1. The van der Waals surface area contributed by atoms with Gasteiger partial charge in [0.15, 0.2) is 6.10 Å². The molecule has 0 spiro atoms. The van der Waals surface area contributed by atoms with E-state index >= 15 is 0 Å². The van der Waals surface area contributed by atoms with E-state index in [-0.39, 0.29) is 19.7 Å². The average molecular weight is 359 g/mol. The van der Waals surface area contributed by atoms with E-state index < -0.39 is 36.7 Å². The fourth-order valence-corrected chi connectivity index (χ4v) is 3.15. The molecule has 3 atom stereocenters. The predicted octanol–water partition coefficient (Wildman–Crippen LogP) is -0.510. The summed E-state index contributed by atoms with van der Waals surface area (Å²) in [6.45, 7) is 0.212. The van der Waals surface area contributed by atoms with Crippen molar-refractivity contribution in [3.63, 3.8) is 0 Å². The molecule has 1 fully saturated rings. The van der Waals surface area contributed by atoms with Gasteiger partial charge in [0.2, 0.25) is 0 Å². The highest BCUT2D eigenvalue weighted by Gasteiger charge is 2.43. The van der Waals surface area contributed by atoms with Gasteiger partial charge in [-0.15, -0.1) is 0 Å². The lowest BCUT2D eigenvalue weighted by atomic mass is 10.1. The van der Waals surface area contributed by atoms with Crippen LogP contribution in [0.15, 0.2) is 24.3 Å². The highest BCUT2D eigenvalue weighted by atomic mass is 19.4. The number of aliphatic hydroxyl groups excluding tert-OH is 1. The number of hydrogen-bond acceptors (Lipinski definition) is 4. The number of nitrogens with one attached hydrogen (secondary N) is 1. The maximum absolute atomic E-state index is 12.5. The van der Waals surface area contributed by atoms with E-state index in [1.165, 1.54) is 0 Å². The second-order valence-electron chi connectivity index (χ2n) is 6.22. The Labute approximate surface area is 141 Å². The van der Waals surface area contributed by atoms with Crippen molar-refractivity contribution in [2.45, 2.75) is 18.4 Å². The molecule has 1 saturated heterocycles. The van der Waals surface area contributed by atoms with Gasteiger partial charge < -0.3 is 14.7 Å². The highest BCUT2D eigenvalue weighted by molar-refractivity contribution is 6.21. The monoisotopic (exact) mass is 359 g/mol. The Hall–Kier alpha value is -1.97. The molecule has 2 amide bonds. The van der Waals surface area contributed by atoms with E-state index in [2.05, 4.69) is 0 Å². The van der Waals surface area contributed by atoms with Crippen LogP contribution >= 0.6 is 0 Å².